The zero-order chi connectivity index (χ0) is 19.7. The zero-order valence-electron chi connectivity index (χ0n) is 17.8. The molecule has 1 aromatic rings. The lowest BCUT2D eigenvalue weighted by Crippen LogP contribution is -2.84. The summed E-state index contributed by atoms with van der Waals surface area (Å²) in [4.78, 5) is 13.9. The smallest absolute Gasteiger partial charge is 0.227 e. The molecule has 0 saturated heterocycles. The van der Waals surface area contributed by atoms with Gasteiger partial charge in [-0.2, -0.15) is 0 Å². The number of hydrogen-bond donors (Lipinski definition) is 1. The second-order valence-corrected chi connectivity index (χ2v) is 11.0. The van der Waals surface area contributed by atoms with Crippen LogP contribution >= 0.6 is 0 Å². The Morgan fingerprint density at radius 1 is 1.07 bits per heavy atom. The number of rotatable bonds is 6. The average Bonchev–Trinajstić information content (AvgIpc) is 3.21. The molecule has 1 spiro atoms. The van der Waals surface area contributed by atoms with Gasteiger partial charge in [-0.05, 0) is 63.4 Å². The van der Waals surface area contributed by atoms with Crippen molar-refractivity contribution < 1.29 is 9.53 Å². The van der Waals surface area contributed by atoms with Gasteiger partial charge in [-0.1, -0.05) is 49.6 Å². The van der Waals surface area contributed by atoms with Gasteiger partial charge in [0.05, 0.1) is 12.0 Å². The summed E-state index contributed by atoms with van der Waals surface area (Å²) in [6.45, 7) is 3.74. The molecule has 5 saturated carbocycles. The zero-order valence-corrected chi connectivity index (χ0v) is 17.8. The minimum atomic E-state index is -0.140. The van der Waals surface area contributed by atoms with Gasteiger partial charge in [-0.15, -0.1) is 0 Å². The second kappa shape index (κ2) is 6.09. The van der Waals surface area contributed by atoms with E-state index in [9.17, 15) is 4.79 Å². The van der Waals surface area contributed by atoms with E-state index in [0.29, 0.717) is 17.9 Å². The molecule has 2 bridgehead atoms. The third-order valence-electron chi connectivity index (χ3n) is 9.98. The highest BCUT2D eigenvalue weighted by Crippen LogP contribution is 2.95. The molecule has 5 atom stereocenters. The number of amides is 1. The molecule has 0 radical (unpaired) electrons. The second-order valence-electron chi connectivity index (χ2n) is 11.0. The minimum absolute atomic E-state index is 0.132. The maximum absolute atomic E-state index is 13.9. The van der Waals surface area contributed by atoms with Gasteiger partial charge in [-0.25, -0.2) is 0 Å². The molecular formula is C26H35NO2. The molecule has 5 aliphatic rings. The first-order chi connectivity index (χ1) is 14.1. The van der Waals surface area contributed by atoms with Gasteiger partial charge in [-0.3, -0.25) is 4.79 Å². The fourth-order valence-corrected chi connectivity index (χ4v) is 9.49. The average molecular weight is 394 g/mol. The van der Waals surface area contributed by atoms with Crippen molar-refractivity contribution in [2.75, 3.05) is 13.2 Å². The van der Waals surface area contributed by atoms with E-state index in [1.165, 1.54) is 56.9 Å². The SMILES string of the molecule is CCOC[C@@]12CC3CC4(C(=O)NC5CCCCC5)C[C@](c5ccccc5)(C1)C42C3. The lowest BCUT2D eigenvalue weighted by Gasteiger charge is -2.83. The highest BCUT2D eigenvalue weighted by atomic mass is 16.5. The van der Waals surface area contributed by atoms with Crippen LogP contribution in [0.2, 0.25) is 0 Å². The van der Waals surface area contributed by atoms with Gasteiger partial charge in [0, 0.05) is 28.9 Å². The summed E-state index contributed by atoms with van der Waals surface area (Å²) in [5.74, 6) is 1.11. The van der Waals surface area contributed by atoms with E-state index in [1.54, 1.807) is 0 Å². The number of carbonyl (C=O) groups excluding carboxylic acids is 1. The molecule has 156 valence electrons. The molecule has 29 heavy (non-hydrogen) atoms. The molecule has 6 rings (SSSR count). The normalized spacial score (nSPS) is 44.7. The quantitative estimate of drug-likeness (QED) is 0.739. The number of benzene rings is 1. The molecule has 0 heterocycles. The maximum atomic E-state index is 13.9. The van der Waals surface area contributed by atoms with E-state index < -0.39 is 0 Å². The van der Waals surface area contributed by atoms with Crippen LogP contribution < -0.4 is 5.32 Å². The number of ether oxygens (including phenoxy) is 1. The molecule has 3 nitrogen and oxygen atoms in total. The lowest BCUT2D eigenvalue weighted by molar-refractivity contribution is -0.320. The fraction of sp³-hybridized carbons (Fsp3) is 0.731. The largest absolute Gasteiger partial charge is 0.381 e. The van der Waals surface area contributed by atoms with E-state index >= 15 is 0 Å². The van der Waals surface area contributed by atoms with Crippen LogP contribution in [0.15, 0.2) is 30.3 Å². The summed E-state index contributed by atoms with van der Waals surface area (Å²) in [6, 6.07) is 11.6. The summed E-state index contributed by atoms with van der Waals surface area (Å²) < 4.78 is 6.08. The summed E-state index contributed by atoms with van der Waals surface area (Å²) in [7, 11) is 0. The Balaban J connectivity index is 1.37. The standard InChI is InChI=1S/C26H35NO2/c1-2-29-18-23-13-19-14-24(22(28)27-21-11-7-4-8-12-21)17-25(16-23,26(23,24)15-19)20-9-5-3-6-10-20/h3,5-6,9-10,19,21H,2,4,7-8,11-18H2,1H3,(H,27,28)/t19?,23-,24?,25+,26?/m1/s1. The van der Waals surface area contributed by atoms with Gasteiger partial charge in [0.2, 0.25) is 5.91 Å². The topological polar surface area (TPSA) is 38.3 Å². The number of carbonyl (C=O) groups is 1. The van der Waals surface area contributed by atoms with Gasteiger partial charge in [0.25, 0.3) is 0 Å². The lowest BCUT2D eigenvalue weighted by atomic mass is 9.19. The Kier molecular flexibility index (Phi) is 3.87. The van der Waals surface area contributed by atoms with Crippen molar-refractivity contribution >= 4 is 5.91 Å². The van der Waals surface area contributed by atoms with Crippen LogP contribution in [0.4, 0.5) is 0 Å². The van der Waals surface area contributed by atoms with Crippen LogP contribution in [0.25, 0.3) is 0 Å². The fourth-order valence-electron chi connectivity index (χ4n) is 9.49. The summed E-state index contributed by atoms with van der Waals surface area (Å²) >= 11 is 0. The molecule has 5 fully saturated rings. The van der Waals surface area contributed by atoms with Gasteiger partial charge in [0.1, 0.15) is 0 Å². The molecule has 1 aromatic carbocycles. The van der Waals surface area contributed by atoms with E-state index in [1.807, 2.05) is 0 Å². The summed E-state index contributed by atoms with van der Waals surface area (Å²) in [5.41, 5.74) is 1.91. The van der Waals surface area contributed by atoms with Crippen LogP contribution in [0, 0.1) is 22.2 Å². The molecular weight excluding hydrogens is 358 g/mol. The van der Waals surface area contributed by atoms with Crippen LogP contribution in [0.1, 0.15) is 76.7 Å². The Hall–Kier alpha value is -1.35. The summed E-state index contributed by atoms with van der Waals surface area (Å²) in [6.07, 6.45) is 12.1. The number of fused-ring (bicyclic) bond motifs is 1. The van der Waals surface area contributed by atoms with Crippen molar-refractivity contribution in [3.63, 3.8) is 0 Å². The number of nitrogens with one attached hydrogen (secondary N) is 1. The third kappa shape index (κ3) is 2.01. The van der Waals surface area contributed by atoms with Gasteiger partial charge in [0.15, 0.2) is 0 Å². The van der Waals surface area contributed by atoms with Crippen LogP contribution in [-0.4, -0.2) is 25.2 Å². The van der Waals surface area contributed by atoms with E-state index in [4.69, 9.17) is 4.74 Å². The molecule has 3 unspecified atom stereocenters. The van der Waals surface area contributed by atoms with Gasteiger partial charge < -0.3 is 10.1 Å². The van der Waals surface area contributed by atoms with Crippen LogP contribution in [0.5, 0.6) is 0 Å². The predicted molar refractivity (Wildman–Crippen MR) is 114 cm³/mol. The van der Waals surface area contributed by atoms with E-state index in [-0.39, 0.29) is 21.7 Å². The Bertz CT molecular complexity index is 817. The van der Waals surface area contributed by atoms with Crippen molar-refractivity contribution in [1.82, 2.24) is 5.32 Å². The monoisotopic (exact) mass is 393 g/mol. The van der Waals surface area contributed by atoms with Crippen molar-refractivity contribution in [3.05, 3.63) is 35.9 Å². The van der Waals surface area contributed by atoms with Crippen molar-refractivity contribution in [2.24, 2.45) is 22.2 Å². The third-order valence-corrected chi connectivity index (χ3v) is 9.98. The Morgan fingerprint density at radius 3 is 2.62 bits per heavy atom. The van der Waals surface area contributed by atoms with Crippen molar-refractivity contribution in [2.45, 2.75) is 82.6 Å². The highest BCUT2D eigenvalue weighted by molar-refractivity contribution is 5.88. The first-order valence-corrected chi connectivity index (χ1v) is 12.1. The molecule has 1 N–H and O–H groups in total. The molecule has 0 aromatic heterocycles. The van der Waals surface area contributed by atoms with Crippen molar-refractivity contribution in [3.8, 4) is 0 Å². The molecule has 0 aliphatic heterocycles. The van der Waals surface area contributed by atoms with Crippen molar-refractivity contribution in [1.29, 1.82) is 0 Å². The molecule has 3 heteroatoms. The van der Waals surface area contributed by atoms with Crippen LogP contribution in [-0.2, 0) is 14.9 Å². The first kappa shape index (κ1) is 18.4. The molecule has 1 amide bonds. The van der Waals surface area contributed by atoms with E-state index in [2.05, 4.69) is 42.6 Å². The highest BCUT2D eigenvalue weighted by Gasteiger charge is 2.94. The number of hydrogen-bond acceptors (Lipinski definition) is 2. The van der Waals surface area contributed by atoms with E-state index in [0.717, 1.165) is 26.1 Å². The molecule has 5 aliphatic carbocycles. The van der Waals surface area contributed by atoms with Gasteiger partial charge >= 0.3 is 0 Å². The van der Waals surface area contributed by atoms with Crippen LogP contribution in [0.3, 0.4) is 0 Å². The maximum Gasteiger partial charge on any atom is 0.227 e. The predicted octanol–water partition coefficient (Wildman–Crippen LogP) is 4.99. The summed E-state index contributed by atoms with van der Waals surface area (Å²) in [5, 5.41) is 3.57. The first-order valence-electron chi connectivity index (χ1n) is 12.1. The minimum Gasteiger partial charge on any atom is -0.381 e. The Morgan fingerprint density at radius 2 is 1.86 bits per heavy atom. The Labute approximate surface area is 175 Å².